The summed E-state index contributed by atoms with van der Waals surface area (Å²) in [5.41, 5.74) is 6.77. The van der Waals surface area contributed by atoms with Crippen LogP contribution in [0.25, 0.3) is 11.3 Å². The molecule has 0 unspecified atom stereocenters. The van der Waals surface area contributed by atoms with Gasteiger partial charge in [-0.1, -0.05) is 12.1 Å². The van der Waals surface area contributed by atoms with Gasteiger partial charge in [-0.15, -0.1) is 0 Å². The van der Waals surface area contributed by atoms with E-state index in [9.17, 15) is 4.39 Å². The predicted molar refractivity (Wildman–Crippen MR) is 60.6 cm³/mol. The van der Waals surface area contributed by atoms with Gasteiger partial charge in [-0.05, 0) is 24.3 Å². The van der Waals surface area contributed by atoms with Crippen molar-refractivity contribution in [1.29, 1.82) is 0 Å². The molecular weight excluding hydrogens is 207 g/mol. The average molecular weight is 218 g/mol. The number of benzene rings is 1. The molecule has 1 heterocycles. The van der Waals surface area contributed by atoms with E-state index in [1.165, 1.54) is 13.2 Å². The van der Waals surface area contributed by atoms with Gasteiger partial charge in [-0.2, -0.15) is 0 Å². The van der Waals surface area contributed by atoms with Crippen molar-refractivity contribution >= 4 is 5.82 Å². The average Bonchev–Trinajstić information content (AvgIpc) is 2.28. The SMILES string of the molecule is COc1c(F)cccc1-c1cccc(N)n1. The predicted octanol–water partition coefficient (Wildman–Crippen LogP) is 2.48. The van der Waals surface area contributed by atoms with E-state index < -0.39 is 5.82 Å². The molecule has 0 fully saturated rings. The van der Waals surface area contributed by atoms with Crippen LogP contribution in [0.2, 0.25) is 0 Å². The zero-order chi connectivity index (χ0) is 11.5. The number of nitrogen functional groups attached to an aromatic ring is 1. The van der Waals surface area contributed by atoms with Crippen LogP contribution in [0.4, 0.5) is 10.2 Å². The van der Waals surface area contributed by atoms with Gasteiger partial charge in [0.15, 0.2) is 11.6 Å². The van der Waals surface area contributed by atoms with Gasteiger partial charge in [0.1, 0.15) is 5.82 Å². The molecule has 0 spiro atoms. The Labute approximate surface area is 92.7 Å². The molecule has 0 aliphatic heterocycles. The van der Waals surface area contributed by atoms with E-state index in [-0.39, 0.29) is 5.75 Å². The van der Waals surface area contributed by atoms with E-state index in [0.29, 0.717) is 17.1 Å². The highest BCUT2D eigenvalue weighted by atomic mass is 19.1. The van der Waals surface area contributed by atoms with Gasteiger partial charge < -0.3 is 10.5 Å². The van der Waals surface area contributed by atoms with Gasteiger partial charge in [0, 0.05) is 5.56 Å². The second-order valence-corrected chi connectivity index (χ2v) is 3.27. The Balaban J connectivity index is 2.60. The number of nitrogens with zero attached hydrogens (tertiary/aromatic N) is 1. The van der Waals surface area contributed by atoms with E-state index in [4.69, 9.17) is 10.5 Å². The van der Waals surface area contributed by atoms with Crippen molar-refractivity contribution in [3.8, 4) is 17.0 Å². The fraction of sp³-hybridized carbons (Fsp3) is 0.0833. The van der Waals surface area contributed by atoms with E-state index >= 15 is 0 Å². The summed E-state index contributed by atoms with van der Waals surface area (Å²) in [4.78, 5) is 4.12. The quantitative estimate of drug-likeness (QED) is 0.842. The van der Waals surface area contributed by atoms with Crippen LogP contribution in [0.3, 0.4) is 0 Å². The number of ether oxygens (including phenoxy) is 1. The lowest BCUT2D eigenvalue weighted by molar-refractivity contribution is 0.388. The van der Waals surface area contributed by atoms with Gasteiger partial charge in [-0.25, -0.2) is 9.37 Å². The minimum absolute atomic E-state index is 0.181. The summed E-state index contributed by atoms with van der Waals surface area (Å²) in [6.45, 7) is 0. The second kappa shape index (κ2) is 4.18. The first-order chi connectivity index (χ1) is 7.72. The van der Waals surface area contributed by atoms with Crippen molar-refractivity contribution < 1.29 is 9.13 Å². The molecule has 0 amide bonds. The lowest BCUT2D eigenvalue weighted by atomic mass is 10.1. The monoisotopic (exact) mass is 218 g/mol. The number of para-hydroxylation sites is 1. The maximum atomic E-state index is 13.5. The Kier molecular flexibility index (Phi) is 2.72. The first-order valence-corrected chi connectivity index (χ1v) is 4.78. The van der Waals surface area contributed by atoms with Crippen LogP contribution in [0, 0.1) is 5.82 Å². The highest BCUT2D eigenvalue weighted by Gasteiger charge is 2.11. The minimum Gasteiger partial charge on any atom is -0.493 e. The van der Waals surface area contributed by atoms with Crippen molar-refractivity contribution in [2.45, 2.75) is 0 Å². The number of hydrogen-bond donors (Lipinski definition) is 1. The van der Waals surface area contributed by atoms with E-state index in [0.717, 1.165) is 0 Å². The standard InChI is InChI=1S/C12H11FN2O/c1-16-12-8(4-2-5-9(12)13)10-6-3-7-11(14)15-10/h2-7H,1H3,(H2,14,15). The van der Waals surface area contributed by atoms with Crippen LogP contribution in [0.15, 0.2) is 36.4 Å². The highest BCUT2D eigenvalue weighted by molar-refractivity contribution is 5.68. The number of methoxy groups -OCH3 is 1. The van der Waals surface area contributed by atoms with Crippen molar-refractivity contribution in [3.63, 3.8) is 0 Å². The molecule has 0 saturated heterocycles. The Morgan fingerprint density at radius 3 is 2.62 bits per heavy atom. The normalized spacial score (nSPS) is 10.1. The van der Waals surface area contributed by atoms with Crippen LogP contribution < -0.4 is 10.5 Å². The van der Waals surface area contributed by atoms with E-state index in [1.54, 1.807) is 30.3 Å². The maximum Gasteiger partial charge on any atom is 0.165 e. The van der Waals surface area contributed by atoms with Crippen LogP contribution in [-0.4, -0.2) is 12.1 Å². The fourth-order valence-electron chi connectivity index (χ4n) is 1.52. The molecule has 3 nitrogen and oxygen atoms in total. The molecular formula is C12H11FN2O. The van der Waals surface area contributed by atoms with Crippen LogP contribution in [-0.2, 0) is 0 Å². The van der Waals surface area contributed by atoms with Gasteiger partial charge in [-0.3, -0.25) is 0 Å². The van der Waals surface area contributed by atoms with Gasteiger partial charge in [0.2, 0.25) is 0 Å². The first-order valence-electron chi connectivity index (χ1n) is 4.78. The summed E-state index contributed by atoms with van der Waals surface area (Å²) < 4.78 is 18.5. The lowest BCUT2D eigenvalue weighted by Gasteiger charge is -2.08. The van der Waals surface area contributed by atoms with Gasteiger partial charge in [0.05, 0.1) is 12.8 Å². The van der Waals surface area contributed by atoms with Crippen molar-refractivity contribution in [3.05, 3.63) is 42.2 Å². The lowest BCUT2D eigenvalue weighted by Crippen LogP contribution is -1.95. The summed E-state index contributed by atoms with van der Waals surface area (Å²) in [5.74, 6) is 0.161. The largest absolute Gasteiger partial charge is 0.493 e. The van der Waals surface area contributed by atoms with Crippen LogP contribution in [0.1, 0.15) is 0 Å². The third-order valence-electron chi connectivity index (χ3n) is 2.22. The molecule has 0 saturated carbocycles. The van der Waals surface area contributed by atoms with Crippen molar-refractivity contribution in [2.24, 2.45) is 0 Å². The van der Waals surface area contributed by atoms with E-state index in [2.05, 4.69) is 4.98 Å². The molecule has 1 aromatic carbocycles. The third-order valence-corrected chi connectivity index (χ3v) is 2.22. The maximum absolute atomic E-state index is 13.5. The zero-order valence-corrected chi connectivity index (χ0v) is 8.77. The minimum atomic E-state index is -0.413. The Morgan fingerprint density at radius 2 is 1.94 bits per heavy atom. The summed E-state index contributed by atoms with van der Waals surface area (Å²) in [7, 11) is 1.42. The first kappa shape index (κ1) is 10.4. The van der Waals surface area contributed by atoms with E-state index in [1.807, 2.05) is 0 Å². The number of aromatic nitrogens is 1. The summed E-state index contributed by atoms with van der Waals surface area (Å²) in [6.07, 6.45) is 0. The number of rotatable bonds is 2. The Bertz CT molecular complexity index is 514. The molecule has 0 bridgehead atoms. The molecule has 4 heteroatoms. The number of halogens is 1. The third kappa shape index (κ3) is 1.82. The molecule has 0 radical (unpaired) electrons. The molecule has 2 aromatic rings. The van der Waals surface area contributed by atoms with Crippen LogP contribution >= 0.6 is 0 Å². The molecule has 16 heavy (non-hydrogen) atoms. The zero-order valence-electron chi connectivity index (χ0n) is 8.77. The van der Waals surface area contributed by atoms with Gasteiger partial charge >= 0.3 is 0 Å². The molecule has 2 rings (SSSR count). The van der Waals surface area contributed by atoms with Crippen molar-refractivity contribution in [1.82, 2.24) is 4.98 Å². The summed E-state index contributed by atoms with van der Waals surface area (Å²) in [5, 5.41) is 0. The number of anilines is 1. The number of hydrogen-bond acceptors (Lipinski definition) is 3. The number of nitrogens with two attached hydrogens (primary N) is 1. The molecule has 2 N–H and O–H groups in total. The molecule has 0 aliphatic rings. The Morgan fingerprint density at radius 1 is 1.19 bits per heavy atom. The second-order valence-electron chi connectivity index (χ2n) is 3.27. The summed E-state index contributed by atoms with van der Waals surface area (Å²) >= 11 is 0. The molecule has 82 valence electrons. The fourth-order valence-corrected chi connectivity index (χ4v) is 1.52. The smallest absolute Gasteiger partial charge is 0.165 e. The topological polar surface area (TPSA) is 48.1 Å². The van der Waals surface area contributed by atoms with Crippen molar-refractivity contribution in [2.75, 3.05) is 12.8 Å². The summed E-state index contributed by atoms with van der Waals surface area (Å²) in [6, 6.07) is 9.89. The highest BCUT2D eigenvalue weighted by Crippen LogP contribution is 2.31. The van der Waals surface area contributed by atoms with Gasteiger partial charge in [0.25, 0.3) is 0 Å². The Hall–Kier alpha value is -2.10. The molecule has 0 atom stereocenters. The number of pyridine rings is 1. The molecule has 1 aromatic heterocycles. The molecule has 0 aliphatic carbocycles. The van der Waals surface area contributed by atoms with Crippen LogP contribution in [0.5, 0.6) is 5.75 Å².